The maximum atomic E-state index is 14.0. The van der Waals surface area contributed by atoms with Gasteiger partial charge in [-0.2, -0.15) is 4.79 Å². The van der Waals surface area contributed by atoms with Crippen LogP contribution in [0.25, 0.3) is 0 Å². The van der Waals surface area contributed by atoms with Gasteiger partial charge in [0.2, 0.25) is 17.4 Å². The summed E-state index contributed by atoms with van der Waals surface area (Å²) in [6.45, 7) is 6.58. The second kappa shape index (κ2) is 11.7. The van der Waals surface area contributed by atoms with Gasteiger partial charge in [-0.1, -0.05) is 49.8 Å². The standard InChI is InChI=1S/C31H43N3O6/c1-4-21-34(31(27(37)38)18-9-6-10-19-31,28(39)40-23-24-14-7-5-8-15-24)22-12-11-16-29(2)26(36)33-20-13-17-30(33,3)25(35)32-29/h5,7-8,11-12,14-15H,4,6,9-10,13,16-23H2,1-3H3,(H-,32,35,37,38)/p+1. The van der Waals surface area contributed by atoms with Crippen molar-refractivity contribution in [1.82, 2.24) is 10.2 Å². The molecule has 2 N–H and O–H groups in total. The predicted octanol–water partition coefficient (Wildman–Crippen LogP) is 4.55. The molecule has 1 aromatic carbocycles. The number of hydrogen-bond acceptors (Lipinski definition) is 5. The monoisotopic (exact) mass is 554 g/mol. The first-order valence-electron chi connectivity index (χ1n) is 14.7. The molecule has 2 aliphatic heterocycles. The number of fused-ring (bicyclic) bond motifs is 1. The van der Waals surface area contributed by atoms with E-state index in [1.807, 2.05) is 50.3 Å². The zero-order valence-electron chi connectivity index (χ0n) is 24.1. The first-order chi connectivity index (χ1) is 19.0. The fourth-order valence-electron chi connectivity index (χ4n) is 6.98. The number of piperazine rings is 1. The number of carbonyl (C=O) groups is 4. The minimum absolute atomic E-state index is 0.0655. The molecule has 9 heteroatoms. The van der Waals surface area contributed by atoms with Gasteiger partial charge in [-0.05, 0) is 64.0 Å². The normalized spacial score (nSPS) is 27.6. The summed E-state index contributed by atoms with van der Waals surface area (Å²) in [5, 5.41) is 13.6. The lowest BCUT2D eigenvalue weighted by molar-refractivity contribution is -0.897. The number of hydrogen-bond donors (Lipinski definition) is 2. The lowest BCUT2D eigenvalue weighted by atomic mass is 9.78. The van der Waals surface area contributed by atoms with Crippen LogP contribution in [0.3, 0.4) is 0 Å². The number of quaternary nitrogens is 1. The molecule has 3 atom stereocenters. The fourth-order valence-corrected chi connectivity index (χ4v) is 6.98. The second-order valence-electron chi connectivity index (χ2n) is 12.1. The molecule has 9 nitrogen and oxygen atoms in total. The van der Waals surface area contributed by atoms with E-state index in [1.165, 1.54) is 0 Å². The van der Waals surface area contributed by atoms with E-state index in [4.69, 9.17) is 4.74 Å². The maximum Gasteiger partial charge on any atom is 0.517 e. The molecule has 0 spiro atoms. The summed E-state index contributed by atoms with van der Waals surface area (Å²) in [6, 6.07) is 9.37. The number of benzene rings is 1. The summed E-state index contributed by atoms with van der Waals surface area (Å²) < 4.78 is 5.52. The number of carboxylic acids is 1. The Morgan fingerprint density at radius 1 is 1.05 bits per heavy atom. The number of carbonyl (C=O) groups excluding carboxylic acids is 3. The van der Waals surface area contributed by atoms with Gasteiger partial charge in [0.15, 0.2) is 0 Å². The SMILES string of the molecule is CCC[N+](CC=CCC1(C)NC(=O)C2(C)CCCN2C1=O)(C(=O)OCc1ccccc1)C1(C(=O)O)CCCCC1. The summed E-state index contributed by atoms with van der Waals surface area (Å²) in [4.78, 5) is 55.0. The number of carboxylic acid groups (broad SMARTS) is 1. The van der Waals surface area contributed by atoms with Gasteiger partial charge >= 0.3 is 12.1 Å². The van der Waals surface area contributed by atoms with Gasteiger partial charge in [0.25, 0.3) is 0 Å². The van der Waals surface area contributed by atoms with E-state index in [9.17, 15) is 24.3 Å². The fraction of sp³-hybridized carbons (Fsp3) is 0.613. The average Bonchev–Trinajstić information content (AvgIpc) is 3.36. The van der Waals surface area contributed by atoms with Crippen molar-refractivity contribution in [2.75, 3.05) is 19.6 Å². The third kappa shape index (κ3) is 5.16. The van der Waals surface area contributed by atoms with Crippen molar-refractivity contribution >= 4 is 23.9 Å². The summed E-state index contributed by atoms with van der Waals surface area (Å²) in [5.74, 6) is -1.23. The van der Waals surface area contributed by atoms with Crippen LogP contribution in [-0.4, -0.2) is 74.6 Å². The molecule has 40 heavy (non-hydrogen) atoms. The number of nitrogens with zero attached hydrogens (tertiary/aromatic N) is 2. The Bertz CT molecular complexity index is 1150. The van der Waals surface area contributed by atoms with Gasteiger partial charge in [0.05, 0.1) is 6.54 Å². The molecule has 0 aromatic heterocycles. The van der Waals surface area contributed by atoms with E-state index in [1.54, 1.807) is 17.9 Å². The summed E-state index contributed by atoms with van der Waals surface area (Å²) in [5.41, 5.74) is -2.35. The number of ether oxygens (including phenoxy) is 1. The van der Waals surface area contributed by atoms with Crippen LogP contribution >= 0.6 is 0 Å². The Labute approximate surface area is 237 Å². The molecule has 3 aliphatic rings. The maximum absolute atomic E-state index is 14.0. The van der Waals surface area contributed by atoms with Crippen molar-refractivity contribution in [3.8, 4) is 0 Å². The van der Waals surface area contributed by atoms with Crippen molar-refractivity contribution in [1.29, 1.82) is 0 Å². The smallest absolute Gasteiger partial charge is 0.477 e. The van der Waals surface area contributed by atoms with E-state index in [-0.39, 0.29) is 35.9 Å². The van der Waals surface area contributed by atoms with Gasteiger partial charge in [-0.25, -0.2) is 9.28 Å². The third-order valence-corrected chi connectivity index (χ3v) is 9.40. The van der Waals surface area contributed by atoms with Gasteiger partial charge in [-0.3, -0.25) is 9.59 Å². The summed E-state index contributed by atoms with van der Waals surface area (Å²) in [6.07, 6.45) is 8.57. The molecular weight excluding hydrogens is 510 g/mol. The average molecular weight is 555 g/mol. The van der Waals surface area contributed by atoms with Crippen LogP contribution < -0.4 is 5.32 Å². The van der Waals surface area contributed by atoms with Gasteiger partial charge in [0.1, 0.15) is 24.2 Å². The first-order valence-corrected chi connectivity index (χ1v) is 14.7. The lowest BCUT2D eigenvalue weighted by Crippen LogP contribution is -2.72. The highest BCUT2D eigenvalue weighted by molar-refractivity contribution is 6.02. The first kappa shape index (κ1) is 29.8. The molecule has 0 radical (unpaired) electrons. The summed E-state index contributed by atoms with van der Waals surface area (Å²) in [7, 11) is 0. The van der Waals surface area contributed by atoms with Crippen LogP contribution in [0, 0.1) is 0 Å². The van der Waals surface area contributed by atoms with Gasteiger partial charge < -0.3 is 20.1 Å². The highest BCUT2D eigenvalue weighted by Gasteiger charge is 2.62. The Balaban J connectivity index is 1.60. The molecule has 2 heterocycles. The van der Waals surface area contributed by atoms with Crippen LogP contribution in [0.15, 0.2) is 42.5 Å². The van der Waals surface area contributed by atoms with E-state index in [0.29, 0.717) is 38.8 Å². The van der Waals surface area contributed by atoms with Gasteiger partial charge in [0, 0.05) is 19.4 Å². The molecular formula is C31H44N3O6+. The molecule has 3 unspecified atom stereocenters. The molecule has 4 rings (SSSR count). The van der Waals surface area contributed by atoms with Gasteiger partial charge in [-0.15, -0.1) is 0 Å². The van der Waals surface area contributed by atoms with E-state index in [0.717, 1.165) is 31.2 Å². The molecule has 3 amide bonds. The highest BCUT2D eigenvalue weighted by Crippen LogP contribution is 2.41. The van der Waals surface area contributed by atoms with Crippen molar-refractivity contribution in [2.24, 2.45) is 0 Å². The van der Waals surface area contributed by atoms with Crippen molar-refractivity contribution in [2.45, 2.75) is 102 Å². The zero-order chi connectivity index (χ0) is 29.0. The largest absolute Gasteiger partial charge is 0.517 e. The molecule has 2 saturated heterocycles. The highest BCUT2D eigenvalue weighted by atomic mass is 16.6. The molecule has 3 fully saturated rings. The number of rotatable bonds is 10. The van der Waals surface area contributed by atoms with Crippen LogP contribution in [-0.2, 0) is 25.7 Å². The summed E-state index contributed by atoms with van der Waals surface area (Å²) >= 11 is 0. The van der Waals surface area contributed by atoms with E-state index in [2.05, 4.69) is 5.32 Å². The Hall–Kier alpha value is -3.20. The van der Waals surface area contributed by atoms with Crippen molar-refractivity contribution < 1.29 is 33.5 Å². The topological polar surface area (TPSA) is 113 Å². The van der Waals surface area contributed by atoms with Crippen molar-refractivity contribution in [3.63, 3.8) is 0 Å². The van der Waals surface area contributed by atoms with Crippen molar-refractivity contribution in [3.05, 3.63) is 48.0 Å². The minimum atomic E-state index is -1.29. The Morgan fingerprint density at radius 2 is 1.75 bits per heavy atom. The molecule has 0 bridgehead atoms. The molecule has 1 aromatic rings. The predicted molar refractivity (Wildman–Crippen MR) is 150 cm³/mol. The van der Waals surface area contributed by atoms with Crippen LogP contribution in [0.4, 0.5) is 4.79 Å². The van der Waals surface area contributed by atoms with Crippen LogP contribution in [0.1, 0.15) is 84.1 Å². The van der Waals surface area contributed by atoms with E-state index >= 15 is 0 Å². The Kier molecular flexibility index (Phi) is 8.73. The number of nitrogens with one attached hydrogen (secondary N) is 1. The third-order valence-electron chi connectivity index (χ3n) is 9.40. The van der Waals surface area contributed by atoms with Crippen LogP contribution in [0.5, 0.6) is 0 Å². The Morgan fingerprint density at radius 3 is 2.40 bits per heavy atom. The number of aliphatic carboxylic acids is 1. The zero-order valence-corrected chi connectivity index (χ0v) is 24.1. The lowest BCUT2D eigenvalue weighted by Gasteiger charge is -2.48. The minimum Gasteiger partial charge on any atom is -0.477 e. The molecule has 218 valence electrons. The van der Waals surface area contributed by atoms with E-state index < -0.39 is 28.7 Å². The molecule has 1 aliphatic carbocycles. The van der Waals surface area contributed by atoms with Crippen LogP contribution in [0.2, 0.25) is 0 Å². The number of amides is 3. The second-order valence-corrected chi connectivity index (χ2v) is 12.1. The molecule has 1 saturated carbocycles. The quantitative estimate of drug-likeness (QED) is 0.324.